The third-order valence-corrected chi connectivity index (χ3v) is 0.407. The van der Waals surface area contributed by atoms with E-state index in [4.69, 9.17) is 16.7 Å². The van der Waals surface area contributed by atoms with Crippen LogP contribution in [0.1, 0.15) is 13.8 Å². The minimum atomic E-state index is -1.86. The summed E-state index contributed by atoms with van der Waals surface area (Å²) in [7, 11) is 0. The Morgan fingerprint density at radius 2 is 2.25 bits per heavy atom. The molecule has 0 saturated heterocycles. The van der Waals surface area contributed by atoms with Crippen molar-refractivity contribution in [2.24, 2.45) is 0 Å². The van der Waals surface area contributed by atoms with Crippen molar-refractivity contribution in [1.29, 1.82) is 0 Å². The van der Waals surface area contributed by atoms with Gasteiger partial charge in [-0.2, -0.15) is 0 Å². The first-order valence-electron chi connectivity index (χ1n) is 2.02. The molecule has 0 fully saturated rings. The molecular weight excluding hydrogens is 131 g/mol. The van der Waals surface area contributed by atoms with Gasteiger partial charge >= 0.3 is 5.97 Å². The van der Waals surface area contributed by atoms with Gasteiger partial charge in [0.25, 0.3) is 5.25 Å². The predicted octanol–water partition coefficient (Wildman–Crippen LogP) is 0.454. The lowest BCUT2D eigenvalue weighted by atomic mass is 10.7. The van der Waals surface area contributed by atoms with E-state index in [1.807, 2.05) is 0 Å². The normalized spacial score (nSPS) is 17.0. The minimum Gasteiger partial charge on any atom is -0.419 e. The van der Waals surface area contributed by atoms with E-state index >= 15 is 0 Å². The van der Waals surface area contributed by atoms with Crippen LogP contribution in [0, 0.1) is 0 Å². The van der Waals surface area contributed by atoms with Crippen LogP contribution in [-0.4, -0.2) is 16.3 Å². The smallest absolute Gasteiger partial charge is 0.306 e. The second-order valence-corrected chi connectivity index (χ2v) is 2.16. The predicted molar refractivity (Wildman–Crippen MR) is 28.2 cm³/mol. The third kappa shape index (κ3) is 5.72. The Balaban J connectivity index is 3.55. The number of halogens is 1. The summed E-state index contributed by atoms with van der Waals surface area (Å²) in [6, 6.07) is 0. The van der Waals surface area contributed by atoms with E-state index in [-0.39, 0.29) is 0 Å². The maximum absolute atomic E-state index is 9.99. The van der Waals surface area contributed by atoms with Gasteiger partial charge in [-0.1, -0.05) is 0 Å². The monoisotopic (exact) mass is 138 g/mol. The van der Waals surface area contributed by atoms with Crippen LogP contribution >= 0.6 is 11.6 Å². The van der Waals surface area contributed by atoms with Gasteiger partial charge < -0.3 is 9.84 Å². The average molecular weight is 139 g/mol. The molecule has 0 saturated carbocycles. The van der Waals surface area contributed by atoms with Crippen LogP contribution in [0.15, 0.2) is 0 Å². The van der Waals surface area contributed by atoms with Crippen molar-refractivity contribution in [3.8, 4) is 0 Å². The van der Waals surface area contributed by atoms with Crippen molar-refractivity contribution >= 4 is 17.6 Å². The Bertz CT molecular complexity index is 93.9. The molecular formula is C4H7ClO3. The van der Waals surface area contributed by atoms with E-state index in [2.05, 4.69) is 4.74 Å². The molecule has 0 radical (unpaired) electrons. The lowest BCUT2D eigenvalue weighted by molar-refractivity contribution is -0.171. The average Bonchev–Trinajstić information content (AvgIpc) is 1.21. The number of alkyl halides is 1. The molecule has 4 heteroatoms. The van der Waals surface area contributed by atoms with Gasteiger partial charge in [0, 0.05) is 13.8 Å². The van der Waals surface area contributed by atoms with Crippen molar-refractivity contribution in [3.05, 3.63) is 0 Å². The summed E-state index contributed by atoms with van der Waals surface area (Å²) >= 11 is 5.04. The standard InChI is InChI=1S/C4H7ClO3/c1-3(6)8-4(2,5)7/h7H,1-2H3/t4-/m0/s1. The second kappa shape index (κ2) is 2.33. The largest absolute Gasteiger partial charge is 0.419 e. The number of carbonyl (C=O) groups excluding carboxylic acids is 1. The molecule has 1 atom stereocenters. The molecule has 0 spiro atoms. The molecule has 0 bridgehead atoms. The molecule has 0 heterocycles. The first-order chi connectivity index (χ1) is 3.42. The lowest BCUT2D eigenvalue weighted by Crippen LogP contribution is -2.22. The zero-order valence-electron chi connectivity index (χ0n) is 4.64. The summed E-state index contributed by atoms with van der Waals surface area (Å²) in [6.45, 7) is 2.33. The fraction of sp³-hybridized carbons (Fsp3) is 0.750. The first-order valence-corrected chi connectivity index (χ1v) is 2.40. The summed E-state index contributed by atoms with van der Waals surface area (Å²) in [5, 5.41) is 6.66. The van der Waals surface area contributed by atoms with Crippen LogP contribution in [0.3, 0.4) is 0 Å². The molecule has 3 nitrogen and oxygen atoms in total. The van der Waals surface area contributed by atoms with E-state index in [0.29, 0.717) is 0 Å². The Labute approximate surface area is 52.2 Å². The molecule has 0 unspecified atom stereocenters. The summed E-state index contributed by atoms with van der Waals surface area (Å²) < 4.78 is 4.12. The van der Waals surface area contributed by atoms with Gasteiger partial charge in [-0.3, -0.25) is 4.79 Å². The van der Waals surface area contributed by atoms with Crippen molar-refractivity contribution < 1.29 is 14.6 Å². The van der Waals surface area contributed by atoms with Crippen LogP contribution in [0.2, 0.25) is 0 Å². The van der Waals surface area contributed by atoms with E-state index < -0.39 is 11.2 Å². The number of carbonyl (C=O) groups is 1. The number of aliphatic hydroxyl groups is 1. The molecule has 48 valence electrons. The van der Waals surface area contributed by atoms with Gasteiger partial charge in [-0.05, 0) is 11.6 Å². The van der Waals surface area contributed by atoms with Crippen LogP contribution in [0.25, 0.3) is 0 Å². The van der Waals surface area contributed by atoms with Gasteiger partial charge in [0.1, 0.15) is 0 Å². The summed E-state index contributed by atoms with van der Waals surface area (Å²) in [5.41, 5.74) is 0. The molecule has 0 aromatic heterocycles. The highest BCUT2D eigenvalue weighted by molar-refractivity contribution is 6.21. The first kappa shape index (κ1) is 7.72. The maximum atomic E-state index is 9.99. The van der Waals surface area contributed by atoms with Gasteiger partial charge in [0.05, 0.1) is 0 Å². The van der Waals surface area contributed by atoms with Crippen molar-refractivity contribution in [2.45, 2.75) is 19.1 Å². The molecule has 0 aliphatic heterocycles. The maximum Gasteiger partial charge on any atom is 0.306 e. The highest BCUT2D eigenvalue weighted by Crippen LogP contribution is 2.09. The van der Waals surface area contributed by atoms with Gasteiger partial charge in [-0.15, -0.1) is 0 Å². The molecule has 0 aromatic carbocycles. The lowest BCUT2D eigenvalue weighted by Gasteiger charge is -2.12. The van der Waals surface area contributed by atoms with Crippen LogP contribution < -0.4 is 0 Å². The minimum absolute atomic E-state index is 0.606. The summed E-state index contributed by atoms with van der Waals surface area (Å²) in [5.74, 6) is -0.606. The molecule has 0 rings (SSSR count). The Kier molecular flexibility index (Phi) is 2.25. The number of ether oxygens (including phenoxy) is 1. The molecule has 1 N–H and O–H groups in total. The van der Waals surface area contributed by atoms with E-state index in [1.165, 1.54) is 0 Å². The van der Waals surface area contributed by atoms with Gasteiger partial charge in [-0.25, -0.2) is 0 Å². The molecule has 0 amide bonds. The zero-order chi connectivity index (χ0) is 6.78. The number of hydrogen-bond acceptors (Lipinski definition) is 3. The number of esters is 1. The van der Waals surface area contributed by atoms with Crippen molar-refractivity contribution in [2.75, 3.05) is 0 Å². The molecule has 8 heavy (non-hydrogen) atoms. The number of rotatable bonds is 1. The van der Waals surface area contributed by atoms with Crippen molar-refractivity contribution in [1.82, 2.24) is 0 Å². The quantitative estimate of drug-likeness (QED) is 0.325. The second-order valence-electron chi connectivity index (χ2n) is 1.46. The van der Waals surface area contributed by atoms with Gasteiger partial charge in [0.2, 0.25) is 0 Å². The topological polar surface area (TPSA) is 46.5 Å². The Morgan fingerprint density at radius 1 is 1.88 bits per heavy atom. The summed E-state index contributed by atoms with van der Waals surface area (Å²) in [6.07, 6.45) is 0. The summed E-state index contributed by atoms with van der Waals surface area (Å²) in [4.78, 5) is 9.99. The number of hydrogen-bond donors (Lipinski definition) is 1. The highest BCUT2D eigenvalue weighted by atomic mass is 35.5. The SMILES string of the molecule is CC(=O)O[C@](C)(O)Cl. The fourth-order valence-corrected chi connectivity index (χ4v) is 0.371. The molecule has 0 aromatic rings. The van der Waals surface area contributed by atoms with E-state index in [9.17, 15) is 4.79 Å². The Morgan fingerprint density at radius 3 is 2.25 bits per heavy atom. The van der Waals surface area contributed by atoms with Crippen molar-refractivity contribution in [3.63, 3.8) is 0 Å². The van der Waals surface area contributed by atoms with E-state index in [0.717, 1.165) is 13.8 Å². The van der Waals surface area contributed by atoms with Gasteiger partial charge in [0.15, 0.2) is 0 Å². The van der Waals surface area contributed by atoms with Crippen LogP contribution in [-0.2, 0) is 9.53 Å². The third-order valence-electron chi connectivity index (χ3n) is 0.330. The van der Waals surface area contributed by atoms with Crippen LogP contribution in [0.4, 0.5) is 0 Å². The highest BCUT2D eigenvalue weighted by Gasteiger charge is 2.17. The fourth-order valence-electron chi connectivity index (χ4n) is 0.262. The molecule has 0 aliphatic rings. The van der Waals surface area contributed by atoms with E-state index in [1.54, 1.807) is 0 Å². The Hall–Kier alpha value is -0.280. The molecule has 0 aliphatic carbocycles. The van der Waals surface area contributed by atoms with Crippen LogP contribution in [0.5, 0.6) is 0 Å². The zero-order valence-corrected chi connectivity index (χ0v) is 5.40.